The zero-order chi connectivity index (χ0) is 12.0. The van der Waals surface area contributed by atoms with Crippen molar-refractivity contribution < 1.29 is 9.50 Å². The van der Waals surface area contributed by atoms with E-state index in [-0.39, 0.29) is 16.7 Å². The van der Waals surface area contributed by atoms with Crippen LogP contribution in [0.5, 0.6) is 0 Å². The van der Waals surface area contributed by atoms with Crippen molar-refractivity contribution in [2.75, 3.05) is 18.5 Å². The Morgan fingerprint density at radius 1 is 1.12 bits per heavy atom. The lowest BCUT2D eigenvalue weighted by molar-refractivity contribution is 0.283. The third-order valence-corrected chi connectivity index (χ3v) is 2.70. The Morgan fingerprint density at radius 3 is 2.31 bits per heavy atom. The predicted molar refractivity (Wildman–Crippen MR) is 65.8 cm³/mol. The Balaban J connectivity index is 2.43. The van der Waals surface area contributed by atoms with Crippen LogP contribution in [-0.2, 0) is 0 Å². The quantitative estimate of drug-likeness (QED) is 0.607. The summed E-state index contributed by atoms with van der Waals surface area (Å²) in [6.45, 7) is 0.965. The fraction of sp³-hybridized carbons (Fsp3) is 0.455. The highest BCUT2D eigenvalue weighted by Crippen LogP contribution is 2.27. The number of anilines is 1. The largest absolute Gasteiger partial charge is 0.396 e. The zero-order valence-electron chi connectivity index (χ0n) is 8.77. The molecule has 90 valence electrons. The summed E-state index contributed by atoms with van der Waals surface area (Å²) in [6.07, 6.45) is 2.69. The number of unbranched alkanes of at least 4 members (excludes halogenated alkanes) is 2. The molecule has 0 aliphatic carbocycles. The van der Waals surface area contributed by atoms with Crippen LogP contribution < -0.4 is 5.32 Å². The minimum Gasteiger partial charge on any atom is -0.396 e. The summed E-state index contributed by atoms with van der Waals surface area (Å²) < 4.78 is 13.1. The lowest BCUT2D eigenvalue weighted by Crippen LogP contribution is -2.02. The van der Waals surface area contributed by atoms with Gasteiger partial charge in [0.05, 0.1) is 10.0 Å². The second-order valence-electron chi connectivity index (χ2n) is 3.46. The number of nitrogens with one attached hydrogen (secondary N) is 1. The van der Waals surface area contributed by atoms with Crippen molar-refractivity contribution in [3.8, 4) is 0 Å². The molecule has 0 fully saturated rings. The van der Waals surface area contributed by atoms with E-state index in [2.05, 4.69) is 5.32 Å². The number of rotatable bonds is 6. The van der Waals surface area contributed by atoms with Crippen LogP contribution in [0.1, 0.15) is 19.3 Å². The molecule has 0 spiro atoms. The molecule has 0 heterocycles. The van der Waals surface area contributed by atoms with E-state index in [0.717, 1.165) is 25.8 Å². The minimum atomic E-state index is -0.589. The van der Waals surface area contributed by atoms with Gasteiger partial charge < -0.3 is 10.4 Å². The fourth-order valence-electron chi connectivity index (χ4n) is 1.30. The summed E-state index contributed by atoms with van der Waals surface area (Å²) in [5.41, 5.74) is 0.709. The van der Waals surface area contributed by atoms with Crippen LogP contribution in [0, 0.1) is 5.82 Å². The molecular formula is C11H14Cl2FNO. The van der Waals surface area contributed by atoms with Crippen LogP contribution >= 0.6 is 23.2 Å². The average Bonchev–Trinajstić information content (AvgIpc) is 2.25. The summed E-state index contributed by atoms with van der Waals surface area (Å²) >= 11 is 11.3. The van der Waals surface area contributed by atoms with E-state index in [4.69, 9.17) is 28.3 Å². The highest BCUT2D eigenvalue weighted by atomic mass is 35.5. The first-order chi connectivity index (χ1) is 7.65. The lowest BCUT2D eigenvalue weighted by atomic mass is 10.2. The SMILES string of the molecule is OCCCCCNc1cc(Cl)c(F)c(Cl)c1. The first-order valence-electron chi connectivity index (χ1n) is 5.14. The van der Waals surface area contributed by atoms with Crippen molar-refractivity contribution in [3.63, 3.8) is 0 Å². The molecule has 1 rings (SSSR count). The van der Waals surface area contributed by atoms with Crippen molar-refractivity contribution in [1.82, 2.24) is 0 Å². The van der Waals surface area contributed by atoms with Crippen molar-refractivity contribution >= 4 is 28.9 Å². The molecule has 0 atom stereocenters. The fourth-order valence-corrected chi connectivity index (χ4v) is 1.79. The lowest BCUT2D eigenvalue weighted by Gasteiger charge is -2.07. The van der Waals surface area contributed by atoms with E-state index in [1.54, 1.807) is 0 Å². The van der Waals surface area contributed by atoms with Crippen LogP contribution in [0.25, 0.3) is 0 Å². The van der Waals surface area contributed by atoms with E-state index in [1.807, 2.05) is 0 Å². The van der Waals surface area contributed by atoms with Crippen LogP contribution in [0.4, 0.5) is 10.1 Å². The van der Waals surface area contributed by atoms with Gasteiger partial charge in [-0.3, -0.25) is 0 Å². The average molecular weight is 266 g/mol. The second-order valence-corrected chi connectivity index (χ2v) is 4.28. The highest BCUT2D eigenvalue weighted by Gasteiger charge is 2.06. The van der Waals surface area contributed by atoms with Crippen LogP contribution in [0.3, 0.4) is 0 Å². The number of benzene rings is 1. The second kappa shape index (κ2) is 6.94. The number of aliphatic hydroxyl groups excluding tert-OH is 1. The molecule has 0 radical (unpaired) electrons. The van der Waals surface area contributed by atoms with Crippen molar-refractivity contribution in [2.24, 2.45) is 0 Å². The molecule has 16 heavy (non-hydrogen) atoms. The van der Waals surface area contributed by atoms with Crippen LogP contribution in [0.2, 0.25) is 10.0 Å². The van der Waals surface area contributed by atoms with Crippen molar-refractivity contribution in [2.45, 2.75) is 19.3 Å². The molecule has 0 saturated carbocycles. The van der Waals surface area contributed by atoms with Gasteiger partial charge in [-0.25, -0.2) is 4.39 Å². The van der Waals surface area contributed by atoms with Crippen LogP contribution in [0.15, 0.2) is 12.1 Å². The Labute approximate surface area is 104 Å². The maximum Gasteiger partial charge on any atom is 0.160 e. The van der Waals surface area contributed by atoms with Crippen molar-refractivity contribution in [3.05, 3.63) is 28.0 Å². The van der Waals surface area contributed by atoms with Gasteiger partial charge in [0.2, 0.25) is 0 Å². The Hall–Kier alpha value is -0.510. The number of hydrogen-bond donors (Lipinski definition) is 2. The van der Waals surface area contributed by atoms with Gasteiger partial charge in [-0.1, -0.05) is 23.2 Å². The Bertz CT molecular complexity index is 324. The zero-order valence-corrected chi connectivity index (χ0v) is 10.3. The van der Waals surface area contributed by atoms with E-state index >= 15 is 0 Å². The Morgan fingerprint density at radius 2 is 1.75 bits per heavy atom. The van der Waals surface area contributed by atoms with Gasteiger partial charge in [0, 0.05) is 18.8 Å². The van der Waals surface area contributed by atoms with Gasteiger partial charge in [-0.15, -0.1) is 0 Å². The maximum atomic E-state index is 13.1. The van der Waals surface area contributed by atoms with E-state index in [0.29, 0.717) is 5.69 Å². The molecule has 1 aromatic carbocycles. The molecule has 0 unspecified atom stereocenters. The summed E-state index contributed by atoms with van der Waals surface area (Å²) in [6, 6.07) is 3.02. The molecule has 0 amide bonds. The predicted octanol–water partition coefficient (Wildman–Crippen LogP) is 3.71. The van der Waals surface area contributed by atoms with E-state index in [9.17, 15) is 4.39 Å². The van der Waals surface area contributed by atoms with E-state index in [1.165, 1.54) is 12.1 Å². The molecule has 0 aliphatic heterocycles. The van der Waals surface area contributed by atoms with Gasteiger partial charge in [-0.05, 0) is 31.4 Å². The first-order valence-corrected chi connectivity index (χ1v) is 5.90. The third-order valence-electron chi connectivity index (χ3n) is 2.15. The molecule has 2 N–H and O–H groups in total. The molecule has 0 bridgehead atoms. The topological polar surface area (TPSA) is 32.3 Å². The molecular weight excluding hydrogens is 252 g/mol. The number of aliphatic hydroxyl groups is 1. The molecule has 0 aromatic heterocycles. The molecule has 1 aromatic rings. The van der Waals surface area contributed by atoms with E-state index < -0.39 is 5.82 Å². The number of hydrogen-bond acceptors (Lipinski definition) is 2. The standard InChI is InChI=1S/C11H14Cl2FNO/c12-9-6-8(7-10(13)11(9)14)15-4-2-1-3-5-16/h6-7,15-16H,1-5H2. The Kier molecular flexibility index (Phi) is 5.88. The summed E-state index contributed by atoms with van der Waals surface area (Å²) in [5.74, 6) is -0.589. The first kappa shape index (κ1) is 13.6. The number of halogens is 3. The molecule has 0 aliphatic rings. The monoisotopic (exact) mass is 265 g/mol. The molecule has 2 nitrogen and oxygen atoms in total. The normalized spacial score (nSPS) is 10.5. The van der Waals surface area contributed by atoms with Crippen LogP contribution in [-0.4, -0.2) is 18.3 Å². The van der Waals surface area contributed by atoms with Gasteiger partial charge in [0.25, 0.3) is 0 Å². The summed E-state index contributed by atoms with van der Waals surface area (Å²) in [4.78, 5) is 0. The van der Waals surface area contributed by atoms with Gasteiger partial charge >= 0.3 is 0 Å². The maximum absolute atomic E-state index is 13.1. The summed E-state index contributed by atoms with van der Waals surface area (Å²) in [5, 5.41) is 11.7. The van der Waals surface area contributed by atoms with Crippen molar-refractivity contribution in [1.29, 1.82) is 0 Å². The smallest absolute Gasteiger partial charge is 0.160 e. The van der Waals surface area contributed by atoms with Gasteiger partial charge in [-0.2, -0.15) is 0 Å². The van der Waals surface area contributed by atoms with Gasteiger partial charge in [0.1, 0.15) is 0 Å². The minimum absolute atomic E-state index is 0.0189. The molecule has 0 saturated heterocycles. The van der Waals surface area contributed by atoms with Gasteiger partial charge in [0.15, 0.2) is 5.82 Å². The highest BCUT2D eigenvalue weighted by molar-refractivity contribution is 6.35. The summed E-state index contributed by atoms with van der Waals surface area (Å²) in [7, 11) is 0. The molecule has 5 heteroatoms. The third kappa shape index (κ3) is 4.16.